The predicted molar refractivity (Wildman–Crippen MR) is 72.2 cm³/mol. The highest BCUT2D eigenvalue weighted by Crippen LogP contribution is 2.22. The molecular formula is C12H15BrClNO2. The second-order valence-corrected chi connectivity index (χ2v) is 5.07. The quantitative estimate of drug-likeness (QED) is 0.905. The normalized spacial score (nSPS) is 10.4. The summed E-state index contributed by atoms with van der Waals surface area (Å²) >= 11 is 9.32. The van der Waals surface area contributed by atoms with Gasteiger partial charge >= 0.3 is 0 Å². The summed E-state index contributed by atoms with van der Waals surface area (Å²) in [5, 5.41) is 9.40. The first-order valence-corrected chi connectivity index (χ1v) is 6.50. The van der Waals surface area contributed by atoms with Crippen LogP contribution in [0.15, 0.2) is 22.7 Å². The molecule has 94 valence electrons. The number of carbonyl (C=O) groups excluding carboxylic acids is 1. The van der Waals surface area contributed by atoms with Crippen molar-refractivity contribution in [3.63, 3.8) is 0 Å². The van der Waals surface area contributed by atoms with Crippen LogP contribution in [0.4, 0.5) is 0 Å². The smallest absolute Gasteiger partial charge is 0.222 e. The van der Waals surface area contributed by atoms with Crippen molar-refractivity contribution >= 4 is 33.4 Å². The molecule has 1 aromatic rings. The first-order valence-electron chi connectivity index (χ1n) is 5.33. The van der Waals surface area contributed by atoms with Crippen molar-refractivity contribution < 1.29 is 9.90 Å². The Balaban J connectivity index is 2.55. The molecule has 0 saturated carbocycles. The third-order valence-corrected chi connectivity index (χ3v) is 3.49. The fraction of sp³-hybridized carbons (Fsp3) is 0.417. The molecule has 0 fully saturated rings. The summed E-state index contributed by atoms with van der Waals surface area (Å²) in [5.74, 6) is 0.0194. The van der Waals surface area contributed by atoms with Crippen LogP contribution in [0.25, 0.3) is 0 Å². The zero-order chi connectivity index (χ0) is 12.8. The molecule has 0 spiro atoms. The maximum atomic E-state index is 11.7. The third-order valence-electron chi connectivity index (χ3n) is 2.48. The number of carbonyl (C=O) groups is 1. The number of likely N-dealkylation sites (N-methyl/N-ethyl adjacent to an activating group) is 1. The number of amides is 1. The average molecular weight is 321 g/mol. The van der Waals surface area contributed by atoms with Crippen LogP contribution in [-0.2, 0) is 11.2 Å². The van der Waals surface area contributed by atoms with E-state index in [1.807, 2.05) is 12.1 Å². The fourth-order valence-electron chi connectivity index (χ4n) is 1.44. The molecule has 0 aliphatic rings. The minimum absolute atomic E-state index is 0.0108. The minimum atomic E-state index is -0.0108. The van der Waals surface area contributed by atoms with E-state index in [-0.39, 0.29) is 12.5 Å². The molecule has 0 heterocycles. The molecule has 1 rings (SSSR count). The van der Waals surface area contributed by atoms with Crippen molar-refractivity contribution in [2.45, 2.75) is 12.8 Å². The highest BCUT2D eigenvalue weighted by molar-refractivity contribution is 9.10. The lowest BCUT2D eigenvalue weighted by Crippen LogP contribution is -2.29. The predicted octanol–water partition coefficient (Wildman–Crippen LogP) is 2.49. The molecule has 1 amide bonds. The van der Waals surface area contributed by atoms with Crippen molar-refractivity contribution in [3.8, 4) is 0 Å². The largest absolute Gasteiger partial charge is 0.395 e. The minimum Gasteiger partial charge on any atom is -0.395 e. The van der Waals surface area contributed by atoms with Crippen molar-refractivity contribution in [1.29, 1.82) is 0 Å². The second-order valence-electron chi connectivity index (χ2n) is 3.77. The summed E-state index contributed by atoms with van der Waals surface area (Å²) in [6.07, 6.45) is 1.05. The van der Waals surface area contributed by atoms with Crippen molar-refractivity contribution in [2.24, 2.45) is 0 Å². The maximum absolute atomic E-state index is 11.7. The van der Waals surface area contributed by atoms with Gasteiger partial charge in [0.25, 0.3) is 0 Å². The van der Waals surface area contributed by atoms with E-state index in [1.165, 1.54) is 4.90 Å². The molecule has 3 nitrogen and oxygen atoms in total. The van der Waals surface area contributed by atoms with Crippen LogP contribution in [-0.4, -0.2) is 36.1 Å². The Kier molecular flexibility index (Phi) is 5.95. The number of hydrogen-bond acceptors (Lipinski definition) is 2. The number of hydrogen-bond donors (Lipinski definition) is 1. The molecule has 1 aromatic carbocycles. The number of benzene rings is 1. The molecule has 0 aromatic heterocycles. The molecule has 17 heavy (non-hydrogen) atoms. The Morgan fingerprint density at radius 2 is 2.24 bits per heavy atom. The zero-order valence-corrected chi connectivity index (χ0v) is 12.0. The van der Waals surface area contributed by atoms with Crippen LogP contribution >= 0.6 is 27.5 Å². The Labute approximate surface area is 115 Å². The standard InChI is InChI=1S/C12H15BrClNO2/c1-15(6-7-16)12(17)5-2-9-8-10(14)3-4-11(9)13/h3-4,8,16H,2,5-7H2,1H3. The summed E-state index contributed by atoms with van der Waals surface area (Å²) in [6.45, 7) is 0.360. The molecule has 0 unspecified atom stereocenters. The van der Waals surface area contributed by atoms with Gasteiger partial charge in [0, 0.05) is 29.5 Å². The first kappa shape index (κ1) is 14.5. The summed E-state index contributed by atoms with van der Waals surface area (Å²) in [6, 6.07) is 5.53. The van der Waals surface area contributed by atoms with E-state index >= 15 is 0 Å². The van der Waals surface area contributed by atoms with Gasteiger partial charge in [-0.1, -0.05) is 27.5 Å². The monoisotopic (exact) mass is 319 g/mol. The lowest BCUT2D eigenvalue weighted by atomic mass is 10.1. The van der Waals surface area contributed by atoms with E-state index in [4.69, 9.17) is 16.7 Å². The van der Waals surface area contributed by atoms with Gasteiger partial charge in [0.1, 0.15) is 0 Å². The van der Waals surface area contributed by atoms with Crippen LogP contribution in [0.1, 0.15) is 12.0 Å². The van der Waals surface area contributed by atoms with Crippen LogP contribution in [0, 0.1) is 0 Å². The van der Waals surface area contributed by atoms with Crippen molar-refractivity contribution in [1.82, 2.24) is 4.90 Å². The van der Waals surface area contributed by atoms with E-state index < -0.39 is 0 Å². The van der Waals surface area contributed by atoms with Gasteiger partial charge in [-0.25, -0.2) is 0 Å². The summed E-state index contributed by atoms with van der Waals surface area (Å²) in [4.78, 5) is 13.2. The molecule has 0 bridgehead atoms. The summed E-state index contributed by atoms with van der Waals surface area (Å²) in [7, 11) is 1.69. The number of rotatable bonds is 5. The van der Waals surface area contributed by atoms with Gasteiger partial charge in [-0.2, -0.15) is 0 Å². The van der Waals surface area contributed by atoms with Crippen LogP contribution in [0.2, 0.25) is 5.02 Å². The average Bonchev–Trinajstić information content (AvgIpc) is 2.30. The van der Waals surface area contributed by atoms with Gasteiger partial charge in [0.2, 0.25) is 5.91 Å². The van der Waals surface area contributed by atoms with Gasteiger partial charge in [-0.3, -0.25) is 4.79 Å². The SMILES string of the molecule is CN(CCO)C(=O)CCc1cc(Cl)ccc1Br. The van der Waals surface area contributed by atoms with E-state index in [0.717, 1.165) is 10.0 Å². The molecule has 0 radical (unpaired) electrons. The van der Waals surface area contributed by atoms with Crippen LogP contribution in [0.5, 0.6) is 0 Å². The van der Waals surface area contributed by atoms with Crippen LogP contribution < -0.4 is 0 Å². The molecule has 1 N–H and O–H groups in total. The topological polar surface area (TPSA) is 40.5 Å². The van der Waals surface area contributed by atoms with Gasteiger partial charge < -0.3 is 10.0 Å². The summed E-state index contributed by atoms with van der Waals surface area (Å²) in [5.41, 5.74) is 1.02. The number of aliphatic hydroxyl groups excluding tert-OH is 1. The van der Waals surface area contributed by atoms with E-state index in [0.29, 0.717) is 24.4 Å². The summed E-state index contributed by atoms with van der Waals surface area (Å²) < 4.78 is 0.958. The molecular weight excluding hydrogens is 305 g/mol. The van der Waals surface area contributed by atoms with Crippen LogP contribution in [0.3, 0.4) is 0 Å². The number of nitrogens with zero attached hydrogens (tertiary/aromatic N) is 1. The third kappa shape index (κ3) is 4.66. The fourth-order valence-corrected chi connectivity index (χ4v) is 2.08. The Bertz CT molecular complexity index is 398. The lowest BCUT2D eigenvalue weighted by Gasteiger charge is -2.15. The maximum Gasteiger partial charge on any atom is 0.222 e. The second kappa shape index (κ2) is 6.99. The molecule has 0 aliphatic carbocycles. The van der Waals surface area contributed by atoms with E-state index in [2.05, 4.69) is 15.9 Å². The van der Waals surface area contributed by atoms with Crippen molar-refractivity contribution in [2.75, 3.05) is 20.2 Å². The van der Waals surface area contributed by atoms with Crippen molar-refractivity contribution in [3.05, 3.63) is 33.3 Å². The lowest BCUT2D eigenvalue weighted by molar-refractivity contribution is -0.130. The number of halogens is 2. The molecule has 0 saturated heterocycles. The van der Waals surface area contributed by atoms with E-state index in [9.17, 15) is 4.79 Å². The zero-order valence-electron chi connectivity index (χ0n) is 9.62. The molecule has 0 atom stereocenters. The van der Waals surface area contributed by atoms with Gasteiger partial charge in [0.05, 0.1) is 6.61 Å². The number of aliphatic hydroxyl groups is 1. The van der Waals surface area contributed by atoms with E-state index in [1.54, 1.807) is 13.1 Å². The first-order chi connectivity index (χ1) is 8.04. The van der Waals surface area contributed by atoms with Gasteiger partial charge in [-0.15, -0.1) is 0 Å². The Hall–Kier alpha value is -0.580. The molecule has 0 aliphatic heterocycles. The van der Waals surface area contributed by atoms with Gasteiger partial charge in [0.15, 0.2) is 0 Å². The molecule has 5 heteroatoms. The Morgan fingerprint density at radius 3 is 2.88 bits per heavy atom. The highest BCUT2D eigenvalue weighted by Gasteiger charge is 2.09. The number of aryl methyl sites for hydroxylation is 1. The Morgan fingerprint density at radius 1 is 1.53 bits per heavy atom. The van der Waals surface area contributed by atoms with Gasteiger partial charge in [-0.05, 0) is 30.2 Å². The highest BCUT2D eigenvalue weighted by atomic mass is 79.9.